The van der Waals surface area contributed by atoms with Crippen LogP contribution < -0.4 is 0 Å². The van der Waals surface area contributed by atoms with E-state index in [1.807, 2.05) is 32.9 Å². The van der Waals surface area contributed by atoms with Gasteiger partial charge in [-0.25, -0.2) is 4.39 Å². The van der Waals surface area contributed by atoms with Gasteiger partial charge in [-0.3, -0.25) is 0 Å². The lowest BCUT2D eigenvalue weighted by Gasteiger charge is -2.07. The quantitative estimate of drug-likeness (QED) is 0.595. The van der Waals surface area contributed by atoms with E-state index in [9.17, 15) is 4.39 Å². The molecule has 0 saturated carbocycles. The van der Waals surface area contributed by atoms with Gasteiger partial charge in [-0.15, -0.1) is 0 Å². The van der Waals surface area contributed by atoms with Crippen molar-refractivity contribution in [1.82, 2.24) is 0 Å². The molecule has 0 nitrogen and oxygen atoms in total. The fourth-order valence-electron chi connectivity index (χ4n) is 1.61. The molecular weight excluding hydrogens is 151 g/mol. The number of rotatable bonds is 1. The van der Waals surface area contributed by atoms with Gasteiger partial charge in [-0.1, -0.05) is 24.3 Å². The van der Waals surface area contributed by atoms with Crippen molar-refractivity contribution >= 4 is 5.83 Å². The molecule has 1 aromatic rings. The van der Waals surface area contributed by atoms with Crippen LogP contribution >= 0.6 is 0 Å². The lowest BCUT2D eigenvalue weighted by Crippen LogP contribution is -1.90. The molecule has 12 heavy (non-hydrogen) atoms. The van der Waals surface area contributed by atoms with Crippen molar-refractivity contribution < 1.29 is 4.39 Å². The van der Waals surface area contributed by atoms with E-state index in [4.69, 9.17) is 0 Å². The van der Waals surface area contributed by atoms with E-state index in [1.165, 1.54) is 0 Å². The van der Waals surface area contributed by atoms with Crippen LogP contribution in [0.4, 0.5) is 4.39 Å². The van der Waals surface area contributed by atoms with Gasteiger partial charge in [0, 0.05) is 5.56 Å². The molecule has 0 saturated heterocycles. The summed E-state index contributed by atoms with van der Waals surface area (Å²) in [5.41, 5.74) is 3.73. The minimum atomic E-state index is -0.343. The van der Waals surface area contributed by atoms with Gasteiger partial charge in [0.25, 0.3) is 0 Å². The summed E-state index contributed by atoms with van der Waals surface area (Å²) in [6, 6.07) is 3.93. The Balaban J connectivity index is 3.38. The van der Waals surface area contributed by atoms with E-state index in [2.05, 4.69) is 6.58 Å². The van der Waals surface area contributed by atoms with E-state index in [-0.39, 0.29) is 5.83 Å². The summed E-state index contributed by atoms with van der Waals surface area (Å²) in [7, 11) is 0. The molecular formula is C11H13F. The lowest BCUT2D eigenvalue weighted by atomic mass is 9.99. The summed E-state index contributed by atoms with van der Waals surface area (Å²) in [4.78, 5) is 0. The molecule has 64 valence electrons. The number of hydrogen-bond donors (Lipinski definition) is 0. The fourth-order valence-corrected chi connectivity index (χ4v) is 1.61. The summed E-state index contributed by atoms with van der Waals surface area (Å²) < 4.78 is 12.9. The van der Waals surface area contributed by atoms with Crippen molar-refractivity contribution in [3.05, 3.63) is 41.0 Å². The van der Waals surface area contributed by atoms with Crippen molar-refractivity contribution in [2.24, 2.45) is 0 Å². The molecule has 0 aliphatic rings. The number of halogens is 1. The van der Waals surface area contributed by atoms with Crippen molar-refractivity contribution in [2.45, 2.75) is 20.8 Å². The van der Waals surface area contributed by atoms with E-state index in [1.54, 1.807) is 0 Å². The van der Waals surface area contributed by atoms with Gasteiger partial charge in [0.15, 0.2) is 0 Å². The lowest BCUT2D eigenvalue weighted by molar-refractivity contribution is 0.760. The zero-order valence-electron chi connectivity index (χ0n) is 7.74. The Morgan fingerprint density at radius 1 is 1.17 bits per heavy atom. The molecule has 0 radical (unpaired) electrons. The first kappa shape index (κ1) is 8.98. The van der Waals surface area contributed by atoms with Crippen LogP contribution in [-0.2, 0) is 0 Å². The topological polar surface area (TPSA) is 0 Å². The Morgan fingerprint density at radius 3 is 1.92 bits per heavy atom. The van der Waals surface area contributed by atoms with E-state index in [0.29, 0.717) is 5.56 Å². The second-order valence-electron chi connectivity index (χ2n) is 3.18. The highest BCUT2D eigenvalue weighted by Crippen LogP contribution is 2.23. The molecule has 0 bridgehead atoms. The van der Waals surface area contributed by atoms with Crippen LogP contribution in [0.5, 0.6) is 0 Å². The second kappa shape index (κ2) is 3.10. The molecule has 0 fully saturated rings. The van der Waals surface area contributed by atoms with Crippen LogP contribution in [0.25, 0.3) is 5.83 Å². The van der Waals surface area contributed by atoms with Crippen LogP contribution in [-0.4, -0.2) is 0 Å². The van der Waals surface area contributed by atoms with Gasteiger partial charge < -0.3 is 0 Å². The highest BCUT2D eigenvalue weighted by Gasteiger charge is 2.05. The fraction of sp³-hybridized carbons (Fsp3) is 0.273. The maximum Gasteiger partial charge on any atom is 0.123 e. The van der Waals surface area contributed by atoms with E-state index >= 15 is 0 Å². The zero-order valence-corrected chi connectivity index (χ0v) is 7.74. The third kappa shape index (κ3) is 1.55. The molecule has 0 heterocycles. The van der Waals surface area contributed by atoms with Crippen molar-refractivity contribution in [3.8, 4) is 0 Å². The normalized spacial score (nSPS) is 10.0. The Hall–Kier alpha value is -1.11. The molecule has 1 rings (SSSR count). The molecule has 0 atom stereocenters. The predicted octanol–water partition coefficient (Wildman–Crippen LogP) is 3.55. The zero-order chi connectivity index (χ0) is 9.30. The second-order valence-corrected chi connectivity index (χ2v) is 3.18. The first-order valence-corrected chi connectivity index (χ1v) is 3.95. The van der Waals surface area contributed by atoms with Gasteiger partial charge in [0.1, 0.15) is 5.83 Å². The Kier molecular flexibility index (Phi) is 2.32. The molecule has 0 aromatic heterocycles. The van der Waals surface area contributed by atoms with Crippen LogP contribution in [0.15, 0.2) is 18.7 Å². The summed E-state index contributed by atoms with van der Waals surface area (Å²) in [5.74, 6) is -0.343. The Morgan fingerprint density at radius 2 is 1.58 bits per heavy atom. The van der Waals surface area contributed by atoms with Crippen LogP contribution in [0.1, 0.15) is 22.3 Å². The van der Waals surface area contributed by atoms with Gasteiger partial charge in [0.2, 0.25) is 0 Å². The number of aryl methyl sites for hydroxylation is 3. The molecule has 0 amide bonds. The highest BCUT2D eigenvalue weighted by atomic mass is 19.1. The minimum Gasteiger partial charge on any atom is -0.207 e. The first-order valence-electron chi connectivity index (χ1n) is 3.95. The van der Waals surface area contributed by atoms with Crippen LogP contribution in [0.2, 0.25) is 0 Å². The standard InChI is InChI=1S/C11H13F/c1-7-5-8(2)11(10(4)12)9(3)6-7/h5-6H,4H2,1-3H3. The maximum absolute atomic E-state index is 12.9. The SMILES string of the molecule is C=C(F)c1c(C)cc(C)cc1C. The minimum absolute atomic E-state index is 0.343. The summed E-state index contributed by atoms with van der Waals surface area (Å²) in [6.07, 6.45) is 0. The van der Waals surface area contributed by atoms with E-state index < -0.39 is 0 Å². The molecule has 1 aromatic carbocycles. The average Bonchev–Trinajstić information content (AvgIpc) is 1.82. The van der Waals surface area contributed by atoms with Gasteiger partial charge in [0.05, 0.1) is 0 Å². The molecule has 1 heteroatoms. The number of benzene rings is 1. The smallest absolute Gasteiger partial charge is 0.123 e. The predicted molar refractivity (Wildman–Crippen MR) is 50.8 cm³/mol. The summed E-state index contributed by atoms with van der Waals surface area (Å²) in [5, 5.41) is 0. The van der Waals surface area contributed by atoms with Crippen molar-refractivity contribution in [3.63, 3.8) is 0 Å². The molecule has 0 aliphatic carbocycles. The number of hydrogen-bond acceptors (Lipinski definition) is 0. The highest BCUT2D eigenvalue weighted by molar-refractivity contribution is 5.64. The molecule has 0 spiro atoms. The monoisotopic (exact) mass is 164 g/mol. The Labute approximate surface area is 72.7 Å². The van der Waals surface area contributed by atoms with Gasteiger partial charge in [-0.05, 0) is 31.9 Å². The largest absolute Gasteiger partial charge is 0.207 e. The summed E-state index contributed by atoms with van der Waals surface area (Å²) in [6.45, 7) is 9.12. The molecule has 0 unspecified atom stereocenters. The first-order chi connectivity index (χ1) is 5.52. The average molecular weight is 164 g/mol. The third-order valence-electron chi connectivity index (χ3n) is 1.95. The van der Waals surface area contributed by atoms with Crippen LogP contribution in [0, 0.1) is 20.8 Å². The van der Waals surface area contributed by atoms with Crippen molar-refractivity contribution in [2.75, 3.05) is 0 Å². The van der Waals surface area contributed by atoms with Crippen LogP contribution in [0.3, 0.4) is 0 Å². The Bertz CT molecular complexity index is 301. The van der Waals surface area contributed by atoms with Gasteiger partial charge in [-0.2, -0.15) is 0 Å². The maximum atomic E-state index is 12.9. The van der Waals surface area contributed by atoms with E-state index in [0.717, 1.165) is 16.7 Å². The molecule has 0 aliphatic heterocycles. The third-order valence-corrected chi connectivity index (χ3v) is 1.95. The summed E-state index contributed by atoms with van der Waals surface area (Å²) >= 11 is 0. The van der Waals surface area contributed by atoms with Gasteiger partial charge >= 0.3 is 0 Å². The van der Waals surface area contributed by atoms with Crippen molar-refractivity contribution in [1.29, 1.82) is 0 Å². The molecule has 0 N–H and O–H groups in total.